The smallest absolute Gasteiger partial charge is 0.123 e. The minimum absolute atomic E-state index is 0.277. The molecule has 82 valence electrons. The number of aromatic nitrogens is 1. The van der Waals surface area contributed by atoms with E-state index in [1.54, 1.807) is 18.3 Å². The van der Waals surface area contributed by atoms with Crippen LogP contribution in [0.2, 0.25) is 0 Å². The van der Waals surface area contributed by atoms with Crippen molar-refractivity contribution in [3.63, 3.8) is 0 Å². The van der Waals surface area contributed by atoms with E-state index in [0.29, 0.717) is 0 Å². The van der Waals surface area contributed by atoms with Crippen molar-refractivity contribution >= 4 is 0 Å². The van der Waals surface area contributed by atoms with Crippen molar-refractivity contribution in [3.8, 4) is 0 Å². The van der Waals surface area contributed by atoms with Crippen molar-refractivity contribution in [2.45, 2.75) is 13.0 Å². The molecule has 1 aromatic heterocycles. The number of rotatable bonds is 2. The van der Waals surface area contributed by atoms with Crippen LogP contribution in [0.15, 0.2) is 42.6 Å². The van der Waals surface area contributed by atoms with Crippen molar-refractivity contribution in [2.24, 2.45) is 5.73 Å². The molecule has 2 rings (SSSR count). The largest absolute Gasteiger partial charge is 0.319 e. The molecule has 0 fully saturated rings. The van der Waals surface area contributed by atoms with Crippen LogP contribution in [0.4, 0.5) is 4.39 Å². The second kappa shape index (κ2) is 4.41. The average molecular weight is 216 g/mol. The molecule has 1 heterocycles. The predicted octanol–water partition coefficient (Wildman–Crippen LogP) is 2.58. The molecule has 2 aromatic rings. The monoisotopic (exact) mass is 216 g/mol. The van der Waals surface area contributed by atoms with Gasteiger partial charge in [0, 0.05) is 6.20 Å². The van der Waals surface area contributed by atoms with Gasteiger partial charge in [0.1, 0.15) is 5.82 Å². The predicted molar refractivity (Wildman–Crippen MR) is 61.4 cm³/mol. The van der Waals surface area contributed by atoms with Crippen LogP contribution in [0.25, 0.3) is 0 Å². The van der Waals surface area contributed by atoms with Gasteiger partial charge in [-0.1, -0.05) is 12.1 Å². The number of hydrogen-bond acceptors (Lipinski definition) is 2. The molecule has 1 aromatic carbocycles. The maximum atomic E-state index is 13.0. The van der Waals surface area contributed by atoms with E-state index in [2.05, 4.69) is 4.98 Å². The first-order valence-electron chi connectivity index (χ1n) is 5.10. The number of benzene rings is 1. The van der Waals surface area contributed by atoms with Crippen molar-refractivity contribution in [3.05, 3.63) is 65.2 Å². The summed E-state index contributed by atoms with van der Waals surface area (Å²) in [5, 5.41) is 0. The second-order valence-electron chi connectivity index (χ2n) is 3.79. The van der Waals surface area contributed by atoms with Crippen LogP contribution in [0.5, 0.6) is 0 Å². The summed E-state index contributed by atoms with van der Waals surface area (Å²) in [6, 6.07) is 9.74. The van der Waals surface area contributed by atoms with Crippen LogP contribution in [-0.2, 0) is 0 Å². The van der Waals surface area contributed by atoms with Crippen molar-refractivity contribution in [2.75, 3.05) is 0 Å². The summed E-state index contributed by atoms with van der Waals surface area (Å²) in [5.41, 5.74) is 8.61. The molecule has 0 aliphatic heterocycles. The van der Waals surface area contributed by atoms with Crippen LogP contribution in [0.1, 0.15) is 22.9 Å². The summed E-state index contributed by atoms with van der Waals surface area (Å²) < 4.78 is 13.0. The lowest BCUT2D eigenvalue weighted by atomic mass is 10.0. The van der Waals surface area contributed by atoms with Gasteiger partial charge in [-0.2, -0.15) is 0 Å². The number of nitrogens with two attached hydrogens (primary N) is 1. The second-order valence-corrected chi connectivity index (χ2v) is 3.79. The highest BCUT2D eigenvalue weighted by atomic mass is 19.1. The molecular weight excluding hydrogens is 203 g/mol. The van der Waals surface area contributed by atoms with Crippen LogP contribution in [0, 0.1) is 12.7 Å². The van der Waals surface area contributed by atoms with E-state index in [-0.39, 0.29) is 11.9 Å². The maximum Gasteiger partial charge on any atom is 0.123 e. The first kappa shape index (κ1) is 10.8. The van der Waals surface area contributed by atoms with Crippen LogP contribution in [-0.4, -0.2) is 4.98 Å². The van der Waals surface area contributed by atoms with Gasteiger partial charge < -0.3 is 5.73 Å². The molecule has 2 nitrogen and oxygen atoms in total. The topological polar surface area (TPSA) is 38.9 Å². The highest BCUT2D eigenvalue weighted by molar-refractivity contribution is 5.29. The zero-order valence-corrected chi connectivity index (χ0v) is 9.02. The summed E-state index contributed by atoms with van der Waals surface area (Å²) in [6.45, 7) is 1.98. The Morgan fingerprint density at radius 3 is 2.75 bits per heavy atom. The van der Waals surface area contributed by atoms with E-state index < -0.39 is 0 Å². The highest BCUT2D eigenvalue weighted by Crippen LogP contribution is 2.18. The van der Waals surface area contributed by atoms with E-state index in [1.165, 1.54) is 12.1 Å². The van der Waals surface area contributed by atoms with Gasteiger partial charge in [-0.25, -0.2) is 4.39 Å². The molecule has 0 saturated heterocycles. The van der Waals surface area contributed by atoms with Gasteiger partial charge >= 0.3 is 0 Å². The molecule has 2 N–H and O–H groups in total. The van der Waals surface area contributed by atoms with Crippen LogP contribution < -0.4 is 5.73 Å². The number of nitrogens with zero attached hydrogens (tertiary/aromatic N) is 1. The first-order chi connectivity index (χ1) is 7.66. The van der Waals surface area contributed by atoms with Crippen molar-refractivity contribution in [1.29, 1.82) is 0 Å². The van der Waals surface area contributed by atoms with Gasteiger partial charge in [-0.3, -0.25) is 4.98 Å². The molecule has 0 aliphatic rings. The number of hydrogen-bond donors (Lipinski definition) is 1. The van der Waals surface area contributed by atoms with Crippen LogP contribution in [0.3, 0.4) is 0 Å². The molecule has 0 spiro atoms. The van der Waals surface area contributed by atoms with E-state index in [0.717, 1.165) is 16.8 Å². The number of aryl methyl sites for hydroxylation is 1. The Kier molecular flexibility index (Phi) is 2.97. The number of halogens is 1. The molecule has 0 bridgehead atoms. The standard InChI is InChI=1S/C13H13FN2/c1-9-5-6-16-12(7-9)13(15)10-3-2-4-11(14)8-10/h2-8,13H,15H2,1H3. The molecule has 16 heavy (non-hydrogen) atoms. The zero-order valence-electron chi connectivity index (χ0n) is 9.02. The van der Waals surface area contributed by atoms with Gasteiger partial charge in [0.05, 0.1) is 11.7 Å². The van der Waals surface area contributed by atoms with E-state index in [9.17, 15) is 4.39 Å². The quantitative estimate of drug-likeness (QED) is 0.838. The third-order valence-corrected chi connectivity index (χ3v) is 2.46. The van der Waals surface area contributed by atoms with Crippen LogP contribution >= 0.6 is 0 Å². The minimum atomic E-state index is -0.379. The Morgan fingerprint density at radius 2 is 2.06 bits per heavy atom. The Bertz CT molecular complexity index is 451. The molecule has 1 unspecified atom stereocenters. The summed E-state index contributed by atoms with van der Waals surface area (Å²) >= 11 is 0. The third kappa shape index (κ3) is 2.25. The average Bonchev–Trinajstić information content (AvgIpc) is 2.28. The van der Waals surface area contributed by atoms with E-state index in [4.69, 9.17) is 5.73 Å². The fourth-order valence-corrected chi connectivity index (χ4v) is 1.60. The lowest BCUT2D eigenvalue weighted by Crippen LogP contribution is -2.13. The van der Waals surface area contributed by atoms with Gasteiger partial charge in [0.25, 0.3) is 0 Å². The van der Waals surface area contributed by atoms with Crippen molar-refractivity contribution < 1.29 is 4.39 Å². The van der Waals surface area contributed by atoms with E-state index >= 15 is 0 Å². The highest BCUT2D eigenvalue weighted by Gasteiger charge is 2.10. The fourth-order valence-electron chi connectivity index (χ4n) is 1.60. The third-order valence-electron chi connectivity index (χ3n) is 2.46. The fraction of sp³-hybridized carbons (Fsp3) is 0.154. The van der Waals surface area contributed by atoms with Gasteiger partial charge in [0.15, 0.2) is 0 Å². The lowest BCUT2D eigenvalue weighted by Gasteiger charge is -2.11. The molecule has 0 radical (unpaired) electrons. The number of pyridine rings is 1. The Morgan fingerprint density at radius 1 is 1.25 bits per heavy atom. The lowest BCUT2D eigenvalue weighted by molar-refractivity contribution is 0.623. The summed E-state index contributed by atoms with van der Waals surface area (Å²) in [5.74, 6) is -0.277. The SMILES string of the molecule is Cc1ccnc(C(N)c2cccc(F)c2)c1. The normalized spacial score (nSPS) is 12.4. The summed E-state index contributed by atoms with van der Waals surface area (Å²) in [7, 11) is 0. The van der Waals surface area contributed by atoms with Gasteiger partial charge in [-0.15, -0.1) is 0 Å². The summed E-state index contributed by atoms with van der Waals surface area (Å²) in [4.78, 5) is 4.20. The maximum absolute atomic E-state index is 13.0. The molecule has 0 aliphatic carbocycles. The van der Waals surface area contributed by atoms with E-state index in [1.807, 2.05) is 19.1 Å². The summed E-state index contributed by atoms with van der Waals surface area (Å²) in [6.07, 6.45) is 1.71. The molecule has 0 amide bonds. The van der Waals surface area contributed by atoms with Gasteiger partial charge in [-0.05, 0) is 42.3 Å². The molecule has 1 atom stereocenters. The Labute approximate surface area is 93.9 Å². The molecule has 3 heteroatoms. The Balaban J connectivity index is 2.35. The molecule has 0 saturated carbocycles. The zero-order chi connectivity index (χ0) is 11.5. The van der Waals surface area contributed by atoms with Crippen molar-refractivity contribution in [1.82, 2.24) is 4.98 Å². The Hall–Kier alpha value is -1.74. The minimum Gasteiger partial charge on any atom is -0.319 e. The molecular formula is C13H13FN2. The first-order valence-corrected chi connectivity index (χ1v) is 5.10. The van der Waals surface area contributed by atoms with Gasteiger partial charge in [0.2, 0.25) is 0 Å².